The summed E-state index contributed by atoms with van der Waals surface area (Å²) in [5, 5.41) is 9.01. The van der Waals surface area contributed by atoms with Crippen LogP contribution >= 0.6 is 23.7 Å². The van der Waals surface area contributed by atoms with Crippen LogP contribution in [0, 0.1) is 5.92 Å². The van der Waals surface area contributed by atoms with Crippen molar-refractivity contribution in [1.29, 1.82) is 0 Å². The number of anilines is 1. The van der Waals surface area contributed by atoms with Gasteiger partial charge < -0.3 is 11.1 Å². The molecule has 1 amide bonds. The molecule has 1 aliphatic rings. The number of nitrogens with two attached hydrogens (primary N) is 1. The third-order valence-electron chi connectivity index (χ3n) is 2.70. The van der Waals surface area contributed by atoms with Crippen LogP contribution in [0.25, 0.3) is 0 Å². The highest BCUT2D eigenvalue weighted by Gasteiger charge is 2.28. The van der Waals surface area contributed by atoms with E-state index < -0.39 is 6.43 Å². The molecule has 2 rings (SSSR count). The number of rotatable bonds is 3. The summed E-state index contributed by atoms with van der Waals surface area (Å²) in [6, 6.07) is 0.0526. The quantitative estimate of drug-likeness (QED) is 0.894. The van der Waals surface area contributed by atoms with Crippen LogP contribution in [0.1, 0.15) is 30.7 Å². The van der Waals surface area contributed by atoms with Crippen LogP contribution in [0.2, 0.25) is 0 Å². The molecule has 0 aromatic carbocycles. The van der Waals surface area contributed by atoms with E-state index in [0.29, 0.717) is 17.8 Å². The topological polar surface area (TPSA) is 80.9 Å². The van der Waals surface area contributed by atoms with Crippen LogP contribution in [0.4, 0.5) is 13.9 Å². The molecule has 1 heterocycles. The number of carbonyl (C=O) groups excluding carboxylic acids is 1. The second-order valence-electron chi connectivity index (χ2n) is 4.01. The number of nitrogens with zero attached hydrogens (tertiary/aromatic N) is 2. The standard InChI is InChI=1S/C9H12F2N4OS.ClH/c10-6(11)8-14-15-9(17-8)13-7(16)4-1-2-5(12)3-4;/h4-6H,1-3,12H2,(H,13,15,16);1H. The number of hydrogen-bond donors (Lipinski definition) is 2. The first-order valence-electron chi connectivity index (χ1n) is 5.24. The molecule has 0 bridgehead atoms. The Labute approximate surface area is 113 Å². The minimum absolute atomic E-state index is 0. The molecule has 0 radical (unpaired) electrons. The lowest BCUT2D eigenvalue weighted by Crippen LogP contribution is -2.23. The molecule has 5 nitrogen and oxygen atoms in total. The van der Waals surface area contributed by atoms with Gasteiger partial charge in [-0.25, -0.2) is 8.78 Å². The van der Waals surface area contributed by atoms with Gasteiger partial charge >= 0.3 is 0 Å². The van der Waals surface area contributed by atoms with Crippen molar-refractivity contribution in [1.82, 2.24) is 10.2 Å². The van der Waals surface area contributed by atoms with Gasteiger partial charge in [0, 0.05) is 12.0 Å². The third kappa shape index (κ3) is 3.56. The van der Waals surface area contributed by atoms with Crippen LogP contribution in [0.3, 0.4) is 0 Å². The Kier molecular flexibility index (Phi) is 5.36. The molecular weight excluding hydrogens is 286 g/mol. The van der Waals surface area contributed by atoms with Gasteiger partial charge in [-0.3, -0.25) is 4.79 Å². The number of halogens is 3. The van der Waals surface area contributed by atoms with E-state index >= 15 is 0 Å². The Morgan fingerprint density at radius 3 is 2.67 bits per heavy atom. The Bertz CT molecular complexity index is 417. The van der Waals surface area contributed by atoms with Gasteiger partial charge in [-0.05, 0) is 19.3 Å². The fraction of sp³-hybridized carbons (Fsp3) is 0.667. The molecule has 9 heteroatoms. The van der Waals surface area contributed by atoms with Crippen LogP contribution in [-0.4, -0.2) is 22.1 Å². The van der Waals surface area contributed by atoms with Crippen molar-refractivity contribution >= 4 is 34.8 Å². The molecule has 0 aliphatic heterocycles. The smallest absolute Gasteiger partial charge is 0.291 e. The Morgan fingerprint density at radius 1 is 1.44 bits per heavy atom. The van der Waals surface area contributed by atoms with E-state index in [9.17, 15) is 13.6 Å². The van der Waals surface area contributed by atoms with Crippen molar-refractivity contribution in [3.05, 3.63) is 5.01 Å². The van der Waals surface area contributed by atoms with Crippen molar-refractivity contribution in [2.45, 2.75) is 31.7 Å². The molecule has 0 saturated heterocycles. The van der Waals surface area contributed by atoms with E-state index in [1.807, 2.05) is 0 Å². The first-order valence-corrected chi connectivity index (χ1v) is 6.06. The lowest BCUT2D eigenvalue weighted by Gasteiger charge is -2.07. The Balaban J connectivity index is 0.00000162. The van der Waals surface area contributed by atoms with E-state index in [1.165, 1.54) is 0 Å². The van der Waals surface area contributed by atoms with E-state index in [2.05, 4.69) is 15.5 Å². The molecule has 1 aromatic rings. The van der Waals surface area contributed by atoms with Gasteiger partial charge in [-0.2, -0.15) is 0 Å². The van der Waals surface area contributed by atoms with Crippen molar-refractivity contribution in [2.24, 2.45) is 11.7 Å². The van der Waals surface area contributed by atoms with Gasteiger partial charge in [0.15, 0.2) is 5.01 Å². The van der Waals surface area contributed by atoms with Crippen molar-refractivity contribution in [2.75, 3.05) is 5.32 Å². The maximum Gasteiger partial charge on any atom is 0.291 e. The predicted octanol–water partition coefficient (Wildman–Crippen LogP) is 1.96. The van der Waals surface area contributed by atoms with Crippen LogP contribution in [0.15, 0.2) is 0 Å². The van der Waals surface area contributed by atoms with Gasteiger partial charge in [0.25, 0.3) is 6.43 Å². The number of amides is 1. The molecule has 1 saturated carbocycles. The summed E-state index contributed by atoms with van der Waals surface area (Å²) in [6.45, 7) is 0. The minimum atomic E-state index is -2.65. The SMILES string of the molecule is Cl.NC1CCC(C(=O)Nc2nnc(C(F)F)s2)C1. The highest BCUT2D eigenvalue weighted by atomic mass is 35.5. The molecule has 1 aliphatic carbocycles. The summed E-state index contributed by atoms with van der Waals surface area (Å²) in [5.41, 5.74) is 5.70. The Morgan fingerprint density at radius 2 is 2.17 bits per heavy atom. The van der Waals surface area contributed by atoms with Gasteiger partial charge in [0.2, 0.25) is 11.0 Å². The first-order chi connectivity index (χ1) is 8.06. The molecule has 1 fully saturated rings. The third-order valence-corrected chi connectivity index (χ3v) is 3.55. The zero-order chi connectivity index (χ0) is 12.4. The fourth-order valence-corrected chi connectivity index (χ4v) is 2.44. The van der Waals surface area contributed by atoms with Gasteiger partial charge in [-0.15, -0.1) is 22.6 Å². The maximum atomic E-state index is 12.2. The molecular formula is C9H13ClF2N4OS. The molecule has 2 atom stereocenters. The Hall–Kier alpha value is -0.860. The fourth-order valence-electron chi connectivity index (χ4n) is 1.84. The van der Waals surface area contributed by atoms with Gasteiger partial charge in [-0.1, -0.05) is 11.3 Å². The van der Waals surface area contributed by atoms with E-state index in [-0.39, 0.29) is 40.4 Å². The zero-order valence-electron chi connectivity index (χ0n) is 9.31. The van der Waals surface area contributed by atoms with Crippen molar-refractivity contribution < 1.29 is 13.6 Å². The van der Waals surface area contributed by atoms with Crippen LogP contribution < -0.4 is 11.1 Å². The highest BCUT2D eigenvalue weighted by molar-refractivity contribution is 7.15. The van der Waals surface area contributed by atoms with Crippen LogP contribution in [0.5, 0.6) is 0 Å². The largest absolute Gasteiger partial charge is 0.328 e. The summed E-state index contributed by atoms with van der Waals surface area (Å²) in [7, 11) is 0. The second-order valence-corrected chi connectivity index (χ2v) is 5.01. The van der Waals surface area contributed by atoms with E-state index in [0.717, 1.165) is 12.8 Å². The zero-order valence-corrected chi connectivity index (χ0v) is 10.9. The summed E-state index contributed by atoms with van der Waals surface area (Å²) < 4.78 is 24.5. The summed E-state index contributed by atoms with van der Waals surface area (Å²) >= 11 is 0.693. The minimum Gasteiger partial charge on any atom is -0.328 e. The molecule has 102 valence electrons. The summed E-state index contributed by atoms with van der Waals surface area (Å²) in [6.07, 6.45) is -0.478. The van der Waals surface area contributed by atoms with Gasteiger partial charge in [0.1, 0.15) is 0 Å². The van der Waals surface area contributed by atoms with E-state index in [4.69, 9.17) is 5.73 Å². The number of carbonyl (C=O) groups is 1. The van der Waals surface area contributed by atoms with E-state index in [1.54, 1.807) is 0 Å². The maximum absolute atomic E-state index is 12.2. The second kappa shape index (κ2) is 6.35. The number of aromatic nitrogens is 2. The number of hydrogen-bond acceptors (Lipinski definition) is 5. The summed E-state index contributed by atoms with van der Waals surface area (Å²) in [4.78, 5) is 11.7. The molecule has 0 spiro atoms. The lowest BCUT2D eigenvalue weighted by molar-refractivity contribution is -0.119. The molecule has 1 aromatic heterocycles. The normalized spacial score (nSPS) is 22.9. The average Bonchev–Trinajstić information content (AvgIpc) is 2.86. The molecule has 2 unspecified atom stereocenters. The number of nitrogens with one attached hydrogen (secondary N) is 1. The van der Waals surface area contributed by atoms with Gasteiger partial charge in [0.05, 0.1) is 0 Å². The van der Waals surface area contributed by atoms with Crippen molar-refractivity contribution in [3.63, 3.8) is 0 Å². The monoisotopic (exact) mass is 298 g/mol. The van der Waals surface area contributed by atoms with Crippen molar-refractivity contribution in [3.8, 4) is 0 Å². The number of alkyl halides is 2. The summed E-state index contributed by atoms with van der Waals surface area (Å²) in [5.74, 6) is -0.362. The lowest BCUT2D eigenvalue weighted by atomic mass is 10.1. The molecule has 3 N–H and O–H groups in total. The highest BCUT2D eigenvalue weighted by Crippen LogP contribution is 2.28. The van der Waals surface area contributed by atoms with Crippen LogP contribution in [-0.2, 0) is 4.79 Å². The average molecular weight is 299 g/mol. The molecule has 18 heavy (non-hydrogen) atoms. The predicted molar refractivity (Wildman–Crippen MR) is 66.1 cm³/mol. The first kappa shape index (κ1) is 15.2.